The van der Waals surface area contributed by atoms with Crippen LogP contribution in [0.15, 0.2) is 42.5 Å². The van der Waals surface area contributed by atoms with Gasteiger partial charge in [0.1, 0.15) is 5.01 Å². The second-order valence-corrected chi connectivity index (χ2v) is 8.86. The van der Waals surface area contributed by atoms with E-state index < -0.39 is 0 Å². The minimum absolute atomic E-state index is 0.00817. The smallest absolute Gasteiger partial charge is 0.241 e. The lowest BCUT2D eigenvalue weighted by atomic mass is 10.2. The van der Waals surface area contributed by atoms with E-state index in [1.165, 1.54) is 10.3 Å². The maximum Gasteiger partial charge on any atom is 0.241 e. The molecule has 1 fully saturated rings. The van der Waals surface area contributed by atoms with Gasteiger partial charge in [-0.2, -0.15) is 0 Å². The molecule has 0 spiro atoms. The van der Waals surface area contributed by atoms with E-state index in [9.17, 15) is 4.79 Å². The van der Waals surface area contributed by atoms with E-state index in [1.54, 1.807) is 11.3 Å². The molecule has 0 aliphatic carbocycles. The highest BCUT2D eigenvalue weighted by molar-refractivity contribution is 7.21. The summed E-state index contributed by atoms with van der Waals surface area (Å²) in [5.74, 6) is 0.00817. The molecule has 1 aliphatic heterocycles. The summed E-state index contributed by atoms with van der Waals surface area (Å²) >= 11 is 1.69. The van der Waals surface area contributed by atoms with E-state index in [0.717, 1.165) is 48.0 Å². The number of rotatable bonds is 6. The molecule has 30 heavy (non-hydrogen) atoms. The Bertz CT molecular complexity index is 1010. The van der Waals surface area contributed by atoms with Gasteiger partial charge in [0, 0.05) is 44.0 Å². The fourth-order valence-electron chi connectivity index (χ4n) is 3.78. The van der Waals surface area contributed by atoms with E-state index in [0.29, 0.717) is 6.54 Å². The van der Waals surface area contributed by atoms with Crippen molar-refractivity contribution < 1.29 is 9.90 Å². The lowest BCUT2D eigenvalue weighted by Crippen LogP contribution is -2.53. The Morgan fingerprint density at radius 1 is 1.17 bits per heavy atom. The minimum Gasteiger partial charge on any atom is -0.395 e. The molecule has 6 nitrogen and oxygen atoms in total. The highest BCUT2D eigenvalue weighted by Crippen LogP contribution is 2.31. The summed E-state index contributed by atoms with van der Waals surface area (Å²) in [7, 11) is 0. The molecule has 4 rings (SSSR count). The molecule has 0 saturated carbocycles. The maximum absolute atomic E-state index is 12.7. The largest absolute Gasteiger partial charge is 0.395 e. The first-order valence-corrected chi connectivity index (χ1v) is 11.2. The lowest BCUT2D eigenvalue weighted by Gasteiger charge is -2.37. The quantitative estimate of drug-likeness (QED) is 0.636. The van der Waals surface area contributed by atoms with Crippen LogP contribution >= 0.6 is 11.3 Å². The molecule has 2 N–H and O–H groups in total. The third-order valence-electron chi connectivity index (χ3n) is 5.69. The summed E-state index contributed by atoms with van der Waals surface area (Å²) in [6.07, 6.45) is 0. The number of anilines is 1. The number of aryl methyl sites for hydroxylation is 1. The van der Waals surface area contributed by atoms with Gasteiger partial charge in [0.2, 0.25) is 5.91 Å². The Labute approximate surface area is 181 Å². The van der Waals surface area contributed by atoms with Crippen molar-refractivity contribution in [1.29, 1.82) is 0 Å². The zero-order valence-electron chi connectivity index (χ0n) is 17.5. The molecule has 1 aliphatic rings. The number of β-amino-alcohol motifs (C(OH)–C–C–N with tert-alkyl or cyclic N) is 1. The number of nitrogens with zero attached hydrogens (tertiary/aromatic N) is 3. The summed E-state index contributed by atoms with van der Waals surface area (Å²) in [6, 6.07) is 14.0. The van der Waals surface area contributed by atoms with Crippen molar-refractivity contribution in [2.75, 3.05) is 44.6 Å². The van der Waals surface area contributed by atoms with Crippen LogP contribution in [0.3, 0.4) is 0 Å². The molecule has 2 aromatic carbocycles. The first-order valence-electron chi connectivity index (χ1n) is 10.4. The zero-order chi connectivity index (χ0) is 21.1. The van der Waals surface area contributed by atoms with Gasteiger partial charge in [-0.15, -0.1) is 11.3 Å². The fraction of sp³-hybridized carbons (Fsp3) is 0.391. The monoisotopic (exact) mass is 424 g/mol. The first kappa shape index (κ1) is 20.9. The zero-order valence-corrected chi connectivity index (χ0v) is 18.3. The number of carbonyl (C=O) groups is 1. The topological polar surface area (TPSA) is 68.7 Å². The number of hydrogen-bond donors (Lipinski definition) is 2. The van der Waals surface area contributed by atoms with Gasteiger partial charge in [-0.05, 0) is 55.8 Å². The number of hydrogen-bond acceptors (Lipinski definition) is 6. The molecule has 1 amide bonds. The van der Waals surface area contributed by atoms with Crippen LogP contribution in [0.2, 0.25) is 0 Å². The van der Waals surface area contributed by atoms with Crippen molar-refractivity contribution in [1.82, 2.24) is 14.8 Å². The van der Waals surface area contributed by atoms with E-state index in [2.05, 4.69) is 40.2 Å². The van der Waals surface area contributed by atoms with Gasteiger partial charge in [-0.3, -0.25) is 14.6 Å². The summed E-state index contributed by atoms with van der Waals surface area (Å²) in [5.41, 5.74) is 4.11. The number of carbonyl (C=O) groups excluding carboxylic acids is 1. The van der Waals surface area contributed by atoms with Crippen molar-refractivity contribution in [3.8, 4) is 10.6 Å². The molecule has 1 atom stereocenters. The molecular formula is C23H28N4O2S. The van der Waals surface area contributed by atoms with Crippen molar-refractivity contribution in [3.63, 3.8) is 0 Å². The number of aliphatic hydroxyl groups is 1. The summed E-state index contributed by atoms with van der Waals surface area (Å²) in [6.45, 7) is 8.37. The molecule has 1 aromatic heterocycles. The van der Waals surface area contributed by atoms with Crippen molar-refractivity contribution in [2.24, 2.45) is 0 Å². The molecule has 158 valence electrons. The Hall–Kier alpha value is -2.32. The normalized spacial score (nSPS) is 16.6. The molecule has 2 heterocycles. The number of nitrogens with one attached hydrogen (secondary N) is 1. The highest BCUT2D eigenvalue weighted by atomic mass is 32.1. The molecule has 0 bridgehead atoms. The van der Waals surface area contributed by atoms with E-state index >= 15 is 0 Å². The Balaban J connectivity index is 1.37. The fourth-order valence-corrected chi connectivity index (χ4v) is 4.85. The van der Waals surface area contributed by atoms with Crippen LogP contribution < -0.4 is 5.32 Å². The van der Waals surface area contributed by atoms with Crippen LogP contribution in [0, 0.1) is 6.92 Å². The number of thiazole rings is 1. The number of aliphatic hydroxyl groups excluding tert-OH is 1. The molecule has 0 radical (unpaired) electrons. The number of piperazine rings is 1. The molecular weight excluding hydrogens is 396 g/mol. The number of fused-ring (bicyclic) bond motifs is 1. The SMILES string of the molecule is Cc1ccc2nc(-c3ccc(NC(=O)C(C)N4CCN(CCO)CC4)cc3)sc2c1. The van der Waals surface area contributed by atoms with Gasteiger partial charge < -0.3 is 10.4 Å². The van der Waals surface area contributed by atoms with Crippen molar-refractivity contribution in [3.05, 3.63) is 48.0 Å². The average Bonchev–Trinajstić information content (AvgIpc) is 3.17. The first-order chi connectivity index (χ1) is 14.5. The van der Waals surface area contributed by atoms with Crippen LogP contribution in [-0.2, 0) is 4.79 Å². The van der Waals surface area contributed by atoms with Crippen LogP contribution in [0.25, 0.3) is 20.8 Å². The second-order valence-electron chi connectivity index (χ2n) is 7.83. The summed E-state index contributed by atoms with van der Waals surface area (Å²) in [5, 5.41) is 13.1. The van der Waals surface area contributed by atoms with Gasteiger partial charge in [0.25, 0.3) is 0 Å². The average molecular weight is 425 g/mol. The summed E-state index contributed by atoms with van der Waals surface area (Å²) < 4.78 is 1.19. The second kappa shape index (κ2) is 9.22. The number of benzene rings is 2. The third kappa shape index (κ3) is 4.70. The molecule has 7 heteroatoms. The van der Waals surface area contributed by atoms with Crippen LogP contribution in [-0.4, -0.2) is 71.2 Å². The minimum atomic E-state index is -0.187. The molecule has 3 aromatic rings. The van der Waals surface area contributed by atoms with Gasteiger partial charge in [-0.25, -0.2) is 4.98 Å². The van der Waals surface area contributed by atoms with Gasteiger partial charge >= 0.3 is 0 Å². The number of aromatic nitrogens is 1. The lowest BCUT2D eigenvalue weighted by molar-refractivity contribution is -0.121. The Morgan fingerprint density at radius 3 is 2.60 bits per heavy atom. The van der Waals surface area contributed by atoms with Gasteiger partial charge in [0.15, 0.2) is 0 Å². The van der Waals surface area contributed by atoms with Gasteiger partial charge in [0.05, 0.1) is 22.9 Å². The van der Waals surface area contributed by atoms with Crippen LogP contribution in [0.5, 0.6) is 0 Å². The Morgan fingerprint density at radius 2 is 1.90 bits per heavy atom. The standard InChI is InChI=1S/C23H28N4O2S/c1-16-3-8-20-21(15-16)30-23(25-20)18-4-6-19(7-5-18)24-22(29)17(2)27-11-9-26(10-12-27)13-14-28/h3-8,15,17,28H,9-14H2,1-2H3,(H,24,29). The predicted molar refractivity (Wildman–Crippen MR) is 123 cm³/mol. The van der Waals surface area contributed by atoms with Crippen LogP contribution in [0.1, 0.15) is 12.5 Å². The third-order valence-corrected chi connectivity index (χ3v) is 6.76. The predicted octanol–water partition coefficient (Wildman–Crippen LogP) is 3.21. The number of amides is 1. The maximum atomic E-state index is 12.7. The van der Waals surface area contributed by atoms with E-state index in [1.807, 2.05) is 31.2 Å². The van der Waals surface area contributed by atoms with Crippen LogP contribution in [0.4, 0.5) is 5.69 Å². The van der Waals surface area contributed by atoms with Gasteiger partial charge in [-0.1, -0.05) is 6.07 Å². The highest BCUT2D eigenvalue weighted by Gasteiger charge is 2.25. The summed E-state index contributed by atoms with van der Waals surface area (Å²) in [4.78, 5) is 21.9. The molecule has 1 unspecified atom stereocenters. The van der Waals surface area contributed by atoms with E-state index in [4.69, 9.17) is 10.1 Å². The van der Waals surface area contributed by atoms with Crippen molar-refractivity contribution >= 4 is 33.1 Å². The Kier molecular flexibility index (Phi) is 6.43. The molecule has 1 saturated heterocycles. The van der Waals surface area contributed by atoms with Crippen molar-refractivity contribution in [2.45, 2.75) is 19.9 Å². The van der Waals surface area contributed by atoms with E-state index in [-0.39, 0.29) is 18.6 Å².